The second kappa shape index (κ2) is 15.8. The summed E-state index contributed by atoms with van der Waals surface area (Å²) in [6, 6.07) is 44.3. The number of allylic oxidation sites excluding steroid dienone is 5. The molecule has 0 radical (unpaired) electrons. The summed E-state index contributed by atoms with van der Waals surface area (Å²) in [5.74, 6) is 0. The van der Waals surface area contributed by atoms with Gasteiger partial charge in [-0.25, -0.2) is 0 Å². The first-order valence-corrected chi connectivity index (χ1v) is 22.0. The van der Waals surface area contributed by atoms with Gasteiger partial charge in [0, 0.05) is 42.7 Å². The summed E-state index contributed by atoms with van der Waals surface area (Å²) in [5, 5.41) is 6.70. The molecule has 3 heterocycles. The van der Waals surface area contributed by atoms with Gasteiger partial charge in [0.1, 0.15) is 0 Å². The van der Waals surface area contributed by atoms with E-state index in [1.165, 1.54) is 80.4 Å². The zero-order valence-corrected chi connectivity index (χ0v) is 34.8. The Hall–Kier alpha value is -6.27. The SMILES string of the molecule is C=CC.C=N/C(=C1/Sc2ccccc2C1=NCC1=CCCC=C1)c1ccc(-c2ccc(-n3c4ccccc4c4c5ccccc5c5c6c(sc5c43)CCC=C6)cc2)cc1. The Bertz CT molecular complexity index is 3130. The third-order valence-electron chi connectivity index (χ3n) is 11.5. The number of rotatable bonds is 6. The Morgan fingerprint density at radius 2 is 1.42 bits per heavy atom. The van der Waals surface area contributed by atoms with Crippen molar-refractivity contribution in [3.63, 3.8) is 0 Å². The maximum absolute atomic E-state index is 5.17. The van der Waals surface area contributed by atoms with Gasteiger partial charge in [-0.3, -0.25) is 9.98 Å². The molecular weight excluding hydrogens is 755 g/mol. The zero-order valence-electron chi connectivity index (χ0n) is 33.1. The summed E-state index contributed by atoms with van der Waals surface area (Å²) in [7, 11) is 0. The zero-order chi connectivity index (χ0) is 39.9. The average Bonchev–Trinajstić information content (AvgIpc) is 3.97. The largest absolute Gasteiger partial charge is 0.308 e. The van der Waals surface area contributed by atoms with Gasteiger partial charge in [-0.1, -0.05) is 145 Å². The van der Waals surface area contributed by atoms with Crippen molar-refractivity contribution in [1.29, 1.82) is 0 Å². The Morgan fingerprint density at radius 3 is 2.17 bits per heavy atom. The molecule has 0 amide bonds. The van der Waals surface area contributed by atoms with Crippen LogP contribution in [-0.4, -0.2) is 23.5 Å². The molecule has 3 aliphatic rings. The Labute approximate surface area is 353 Å². The number of fused-ring (bicyclic) bond motifs is 11. The Kier molecular flexibility index (Phi) is 9.93. The van der Waals surface area contributed by atoms with Crippen molar-refractivity contribution in [3.8, 4) is 16.8 Å². The first-order valence-electron chi connectivity index (χ1n) is 20.4. The number of nitrogens with zero attached hydrogens (tertiary/aromatic N) is 3. The molecule has 2 aliphatic carbocycles. The van der Waals surface area contributed by atoms with E-state index in [1.54, 1.807) is 17.8 Å². The molecule has 0 fully saturated rings. The van der Waals surface area contributed by atoms with Crippen LogP contribution in [-0.2, 0) is 6.42 Å². The van der Waals surface area contributed by atoms with Gasteiger partial charge in [0.05, 0.1) is 38.6 Å². The summed E-state index contributed by atoms with van der Waals surface area (Å²) in [5.41, 5.74) is 12.8. The molecule has 0 unspecified atom stereocenters. The van der Waals surface area contributed by atoms with Crippen LogP contribution in [0.15, 0.2) is 184 Å². The molecule has 0 bridgehead atoms. The molecule has 8 aromatic rings. The van der Waals surface area contributed by atoms with Gasteiger partial charge in [-0.2, -0.15) is 0 Å². The molecule has 0 saturated heterocycles. The van der Waals surface area contributed by atoms with E-state index >= 15 is 0 Å². The van der Waals surface area contributed by atoms with Crippen molar-refractivity contribution >= 4 is 90.0 Å². The third-order valence-corrected chi connectivity index (χ3v) is 13.9. The van der Waals surface area contributed by atoms with Crippen LogP contribution >= 0.6 is 23.1 Å². The van der Waals surface area contributed by atoms with E-state index in [0.717, 1.165) is 53.1 Å². The van der Waals surface area contributed by atoms with Crippen LogP contribution in [0, 0.1) is 0 Å². The predicted octanol–water partition coefficient (Wildman–Crippen LogP) is 15.2. The van der Waals surface area contributed by atoms with E-state index in [4.69, 9.17) is 4.99 Å². The van der Waals surface area contributed by atoms with Gasteiger partial charge in [0.2, 0.25) is 0 Å². The van der Waals surface area contributed by atoms with E-state index in [1.807, 2.05) is 18.3 Å². The molecule has 6 aromatic carbocycles. The predicted molar refractivity (Wildman–Crippen MR) is 259 cm³/mol. The maximum atomic E-state index is 5.17. The first-order chi connectivity index (χ1) is 29.2. The topological polar surface area (TPSA) is 29.6 Å². The number of hydrogen-bond acceptors (Lipinski definition) is 4. The van der Waals surface area contributed by atoms with Crippen LogP contribution in [0.1, 0.15) is 47.8 Å². The van der Waals surface area contributed by atoms with Crippen molar-refractivity contribution in [1.82, 2.24) is 4.57 Å². The summed E-state index contributed by atoms with van der Waals surface area (Å²) in [6.07, 6.45) is 17.6. The van der Waals surface area contributed by atoms with Crippen LogP contribution in [0.4, 0.5) is 0 Å². The van der Waals surface area contributed by atoms with Crippen molar-refractivity contribution in [3.05, 3.63) is 190 Å². The fourth-order valence-electron chi connectivity index (χ4n) is 8.84. The molecule has 5 heteroatoms. The Morgan fingerprint density at radius 1 is 0.746 bits per heavy atom. The molecular formula is C54H43N3S2. The standard InChI is InChI=1S/C51H37N3S2.C3H6/c1-52-47(51-48(41-19-9-12-22-44(41)56-51)53-31-32-13-3-2-4-14-32)35-25-23-33(24-26-35)34-27-29-36(30-28-34)54-42-20-10-7-17-39(42)45-37-15-5-6-16-38(37)46-40-18-8-11-21-43(40)55-50(46)49(45)54;1-3-2/h3,5-10,12-20,22-30H,1-2,4,11,21,31H2;3H,1H2,2H3/b51-47+,53-48?;. The summed E-state index contributed by atoms with van der Waals surface area (Å²) < 4.78 is 3.88. The van der Waals surface area contributed by atoms with Crippen molar-refractivity contribution in [2.24, 2.45) is 9.98 Å². The summed E-state index contributed by atoms with van der Waals surface area (Å²) >= 11 is 3.73. The Balaban J connectivity index is 0.00000136. The third kappa shape index (κ3) is 6.46. The first kappa shape index (κ1) is 37.0. The molecule has 3 nitrogen and oxygen atoms in total. The maximum Gasteiger partial charge on any atom is 0.0856 e. The molecule has 0 spiro atoms. The van der Waals surface area contributed by atoms with Crippen molar-refractivity contribution in [2.45, 2.75) is 37.5 Å². The van der Waals surface area contributed by atoms with E-state index in [0.29, 0.717) is 6.54 Å². The second-order valence-electron chi connectivity index (χ2n) is 15.1. The molecule has 11 rings (SSSR count). The van der Waals surface area contributed by atoms with E-state index in [9.17, 15) is 0 Å². The highest BCUT2D eigenvalue weighted by Crippen LogP contribution is 2.49. The van der Waals surface area contributed by atoms with Crippen molar-refractivity contribution < 1.29 is 0 Å². The summed E-state index contributed by atoms with van der Waals surface area (Å²) in [4.78, 5) is 13.6. The highest BCUT2D eigenvalue weighted by Gasteiger charge is 2.28. The highest BCUT2D eigenvalue weighted by atomic mass is 32.2. The minimum atomic E-state index is 0.659. The fraction of sp³-hybridized carbons (Fsp3) is 0.111. The number of aliphatic imine (C=N–C) groups is 2. The van der Waals surface area contributed by atoms with Gasteiger partial charge in [0.25, 0.3) is 0 Å². The van der Waals surface area contributed by atoms with E-state index in [-0.39, 0.29) is 0 Å². The number of hydrogen-bond donors (Lipinski definition) is 0. The number of benzene rings is 6. The van der Waals surface area contributed by atoms with E-state index < -0.39 is 0 Å². The lowest BCUT2D eigenvalue weighted by Gasteiger charge is -2.12. The molecule has 59 heavy (non-hydrogen) atoms. The number of aromatic nitrogens is 1. The van der Waals surface area contributed by atoms with Crippen LogP contribution in [0.5, 0.6) is 0 Å². The van der Waals surface area contributed by atoms with Crippen LogP contribution < -0.4 is 0 Å². The monoisotopic (exact) mass is 797 g/mol. The minimum absolute atomic E-state index is 0.659. The van der Waals surface area contributed by atoms with Crippen molar-refractivity contribution in [2.75, 3.05) is 6.54 Å². The number of aryl methyl sites for hydroxylation is 1. The number of para-hydroxylation sites is 1. The number of thioether (sulfide) groups is 1. The van der Waals surface area contributed by atoms with Crippen LogP contribution in [0.25, 0.3) is 71.3 Å². The molecule has 286 valence electrons. The summed E-state index contributed by atoms with van der Waals surface area (Å²) in [6.45, 7) is 9.95. The van der Waals surface area contributed by atoms with Gasteiger partial charge < -0.3 is 4.57 Å². The quantitative estimate of drug-likeness (QED) is 0.122. The average molecular weight is 798 g/mol. The lowest BCUT2D eigenvalue weighted by molar-refractivity contribution is 0.995. The van der Waals surface area contributed by atoms with Gasteiger partial charge >= 0.3 is 0 Å². The normalized spacial score (nSPS) is 15.9. The lowest BCUT2D eigenvalue weighted by Crippen LogP contribution is -2.03. The molecule has 2 aromatic heterocycles. The van der Waals surface area contributed by atoms with E-state index in [2.05, 4.69) is 175 Å². The van der Waals surface area contributed by atoms with Crippen LogP contribution in [0.3, 0.4) is 0 Å². The molecule has 1 aliphatic heterocycles. The lowest BCUT2D eigenvalue weighted by atomic mass is 9.95. The number of thiophene rings is 1. The molecule has 0 atom stereocenters. The van der Waals surface area contributed by atoms with Gasteiger partial charge in [-0.05, 0) is 96.6 Å². The van der Waals surface area contributed by atoms with Gasteiger partial charge in [-0.15, -0.1) is 17.9 Å². The minimum Gasteiger partial charge on any atom is -0.308 e. The second-order valence-corrected chi connectivity index (χ2v) is 17.3. The fourth-order valence-corrected chi connectivity index (χ4v) is 11.4. The van der Waals surface area contributed by atoms with Gasteiger partial charge in [0.15, 0.2) is 0 Å². The highest BCUT2D eigenvalue weighted by molar-refractivity contribution is 8.05. The molecule has 0 N–H and O–H groups in total. The van der Waals surface area contributed by atoms with Crippen LogP contribution in [0.2, 0.25) is 0 Å². The smallest absolute Gasteiger partial charge is 0.0856 e. The molecule has 0 saturated carbocycles.